The minimum absolute atomic E-state index is 0.0578. The van der Waals surface area contributed by atoms with Crippen LogP contribution < -0.4 is 5.32 Å². The fraction of sp³-hybridized carbons (Fsp3) is 0.474. The first-order chi connectivity index (χ1) is 11.2. The van der Waals surface area contributed by atoms with E-state index in [9.17, 15) is 9.59 Å². The fourth-order valence-electron chi connectivity index (χ4n) is 3.27. The molecule has 0 spiro atoms. The van der Waals surface area contributed by atoms with Crippen LogP contribution in [0.2, 0.25) is 0 Å². The Morgan fingerprint density at radius 2 is 1.87 bits per heavy atom. The number of hydrogen-bond donors (Lipinski definition) is 1. The van der Waals surface area contributed by atoms with Crippen molar-refractivity contribution in [3.05, 3.63) is 42.0 Å². The van der Waals surface area contributed by atoms with Gasteiger partial charge in [0.1, 0.15) is 0 Å². The first-order valence-corrected chi connectivity index (χ1v) is 8.54. The minimum Gasteiger partial charge on any atom is -0.342 e. The summed E-state index contributed by atoms with van der Waals surface area (Å²) in [7, 11) is 0. The molecule has 1 aliphatic heterocycles. The van der Waals surface area contributed by atoms with Gasteiger partial charge in [0.25, 0.3) is 0 Å². The number of allylic oxidation sites excluding steroid dienone is 2. The Bertz CT molecular complexity index is 586. The lowest BCUT2D eigenvalue weighted by Gasteiger charge is -2.15. The zero-order valence-corrected chi connectivity index (χ0v) is 13.5. The third-order valence-corrected chi connectivity index (χ3v) is 4.61. The molecule has 4 heteroatoms. The predicted octanol–water partition coefficient (Wildman–Crippen LogP) is 3.15. The van der Waals surface area contributed by atoms with Gasteiger partial charge in [-0.2, -0.15) is 0 Å². The summed E-state index contributed by atoms with van der Waals surface area (Å²) in [5.41, 5.74) is 1.80. The van der Waals surface area contributed by atoms with Crippen molar-refractivity contribution in [1.29, 1.82) is 0 Å². The fourth-order valence-corrected chi connectivity index (χ4v) is 3.27. The Labute approximate surface area is 137 Å². The number of carbonyl (C=O) groups is 2. The number of likely N-dealkylation sites (tertiary alicyclic amines) is 1. The van der Waals surface area contributed by atoms with E-state index < -0.39 is 0 Å². The van der Waals surface area contributed by atoms with E-state index in [1.165, 1.54) is 0 Å². The summed E-state index contributed by atoms with van der Waals surface area (Å²) >= 11 is 0. The van der Waals surface area contributed by atoms with Crippen molar-refractivity contribution in [3.63, 3.8) is 0 Å². The Hall–Kier alpha value is -2.10. The van der Waals surface area contributed by atoms with Gasteiger partial charge in [0.05, 0.1) is 6.42 Å². The molecule has 0 saturated carbocycles. The van der Waals surface area contributed by atoms with E-state index in [1.54, 1.807) is 0 Å². The standard InChI is InChI=1S/C19H24N2O2/c22-18(13-15-5-1-2-6-15)20-17-9-7-16(8-10-17)14-19(23)21-11-3-4-12-21/h1,5,7-10,15H,2-4,6,11-14H2,(H,20,22)/t15-/m1/s1. The lowest BCUT2D eigenvalue weighted by Crippen LogP contribution is -2.29. The lowest BCUT2D eigenvalue weighted by molar-refractivity contribution is -0.129. The molecule has 1 atom stereocenters. The third-order valence-electron chi connectivity index (χ3n) is 4.61. The molecule has 4 nitrogen and oxygen atoms in total. The molecule has 1 N–H and O–H groups in total. The van der Waals surface area contributed by atoms with Crippen molar-refractivity contribution in [2.45, 2.75) is 38.5 Å². The van der Waals surface area contributed by atoms with E-state index >= 15 is 0 Å². The maximum Gasteiger partial charge on any atom is 0.226 e. The highest BCUT2D eigenvalue weighted by Gasteiger charge is 2.18. The summed E-state index contributed by atoms with van der Waals surface area (Å²) < 4.78 is 0. The monoisotopic (exact) mass is 312 g/mol. The Balaban J connectivity index is 1.49. The minimum atomic E-state index is 0.0578. The molecule has 1 fully saturated rings. The van der Waals surface area contributed by atoms with Crippen molar-refractivity contribution >= 4 is 17.5 Å². The van der Waals surface area contributed by atoms with Crippen molar-refractivity contribution in [2.75, 3.05) is 18.4 Å². The molecule has 0 unspecified atom stereocenters. The first-order valence-electron chi connectivity index (χ1n) is 8.54. The molecule has 1 heterocycles. The van der Waals surface area contributed by atoms with Crippen LogP contribution in [0.4, 0.5) is 5.69 Å². The SMILES string of the molecule is O=C(C[C@@H]1C=CCC1)Nc1ccc(CC(=O)N2CCCC2)cc1. The van der Waals surface area contributed by atoms with Gasteiger partial charge in [-0.3, -0.25) is 9.59 Å². The largest absolute Gasteiger partial charge is 0.342 e. The number of nitrogens with zero attached hydrogens (tertiary/aromatic N) is 1. The summed E-state index contributed by atoms with van der Waals surface area (Å²) in [6.07, 6.45) is 9.66. The van der Waals surface area contributed by atoms with Crippen LogP contribution in [-0.2, 0) is 16.0 Å². The molecule has 1 aromatic rings. The van der Waals surface area contributed by atoms with Crippen LogP contribution in [0.3, 0.4) is 0 Å². The van der Waals surface area contributed by atoms with Crippen LogP contribution >= 0.6 is 0 Å². The molecule has 0 bridgehead atoms. The summed E-state index contributed by atoms with van der Waals surface area (Å²) in [4.78, 5) is 26.1. The topological polar surface area (TPSA) is 49.4 Å². The summed E-state index contributed by atoms with van der Waals surface area (Å²) in [6.45, 7) is 1.78. The highest BCUT2D eigenvalue weighted by molar-refractivity contribution is 5.91. The van der Waals surface area contributed by atoms with Crippen LogP contribution in [0.5, 0.6) is 0 Å². The van der Waals surface area contributed by atoms with Crippen LogP contribution in [0.25, 0.3) is 0 Å². The van der Waals surface area contributed by atoms with Crippen LogP contribution in [-0.4, -0.2) is 29.8 Å². The van der Waals surface area contributed by atoms with E-state index in [0.29, 0.717) is 18.8 Å². The van der Waals surface area contributed by atoms with E-state index in [4.69, 9.17) is 0 Å². The smallest absolute Gasteiger partial charge is 0.226 e. The van der Waals surface area contributed by atoms with E-state index in [1.807, 2.05) is 29.2 Å². The van der Waals surface area contributed by atoms with Gasteiger partial charge in [-0.1, -0.05) is 24.3 Å². The van der Waals surface area contributed by atoms with Gasteiger partial charge in [0.15, 0.2) is 0 Å². The number of nitrogens with one attached hydrogen (secondary N) is 1. The molecule has 1 saturated heterocycles. The van der Waals surface area contributed by atoms with Gasteiger partial charge >= 0.3 is 0 Å². The van der Waals surface area contributed by atoms with Crippen LogP contribution in [0.1, 0.15) is 37.7 Å². The molecule has 3 rings (SSSR count). The summed E-state index contributed by atoms with van der Waals surface area (Å²) in [6, 6.07) is 7.63. The molecule has 1 aliphatic carbocycles. The van der Waals surface area contributed by atoms with Crippen molar-refractivity contribution < 1.29 is 9.59 Å². The molecule has 2 aliphatic rings. The van der Waals surface area contributed by atoms with Crippen LogP contribution in [0.15, 0.2) is 36.4 Å². The normalized spacial score (nSPS) is 20.0. The van der Waals surface area contributed by atoms with Gasteiger partial charge in [-0.25, -0.2) is 0 Å². The number of benzene rings is 1. The second-order valence-electron chi connectivity index (χ2n) is 6.48. The summed E-state index contributed by atoms with van der Waals surface area (Å²) in [5, 5.41) is 2.94. The molecular weight excluding hydrogens is 288 g/mol. The lowest BCUT2D eigenvalue weighted by atomic mass is 10.0. The molecule has 122 valence electrons. The van der Waals surface area contributed by atoms with Crippen molar-refractivity contribution in [1.82, 2.24) is 4.90 Å². The number of amides is 2. The first kappa shape index (κ1) is 15.8. The average molecular weight is 312 g/mol. The maximum atomic E-state index is 12.1. The van der Waals surface area contributed by atoms with Crippen LogP contribution in [0, 0.1) is 5.92 Å². The Kier molecular flexibility index (Phi) is 5.11. The van der Waals surface area contributed by atoms with E-state index in [0.717, 1.165) is 50.0 Å². The molecule has 23 heavy (non-hydrogen) atoms. The average Bonchev–Trinajstić information content (AvgIpc) is 3.22. The van der Waals surface area contributed by atoms with Gasteiger partial charge in [-0.05, 0) is 49.3 Å². The highest BCUT2D eigenvalue weighted by atomic mass is 16.2. The second-order valence-corrected chi connectivity index (χ2v) is 6.48. The second kappa shape index (κ2) is 7.44. The number of rotatable bonds is 5. The zero-order chi connectivity index (χ0) is 16.1. The quantitative estimate of drug-likeness (QED) is 0.849. The summed E-state index contributed by atoms with van der Waals surface area (Å²) in [5.74, 6) is 0.641. The Morgan fingerprint density at radius 3 is 2.52 bits per heavy atom. The third kappa shape index (κ3) is 4.44. The van der Waals surface area contributed by atoms with Gasteiger partial charge in [0.2, 0.25) is 11.8 Å². The molecule has 0 aromatic heterocycles. The number of anilines is 1. The Morgan fingerprint density at radius 1 is 1.13 bits per heavy atom. The van der Waals surface area contributed by atoms with Crippen molar-refractivity contribution in [3.8, 4) is 0 Å². The van der Waals surface area contributed by atoms with Crippen molar-refractivity contribution in [2.24, 2.45) is 5.92 Å². The van der Waals surface area contributed by atoms with Gasteiger partial charge in [-0.15, -0.1) is 0 Å². The van der Waals surface area contributed by atoms with E-state index in [2.05, 4.69) is 17.5 Å². The molecular formula is C19H24N2O2. The highest BCUT2D eigenvalue weighted by Crippen LogP contribution is 2.21. The number of carbonyl (C=O) groups excluding carboxylic acids is 2. The molecule has 1 aromatic carbocycles. The van der Waals surface area contributed by atoms with E-state index in [-0.39, 0.29) is 11.8 Å². The van der Waals surface area contributed by atoms with Gasteiger partial charge in [0, 0.05) is 25.2 Å². The predicted molar refractivity (Wildman–Crippen MR) is 91.1 cm³/mol. The molecule has 0 radical (unpaired) electrons. The zero-order valence-electron chi connectivity index (χ0n) is 13.5. The maximum absolute atomic E-state index is 12.1. The van der Waals surface area contributed by atoms with Gasteiger partial charge < -0.3 is 10.2 Å². The number of hydrogen-bond acceptors (Lipinski definition) is 2. The molecule has 2 amide bonds.